The van der Waals surface area contributed by atoms with Crippen LogP contribution >= 0.6 is 0 Å². The van der Waals surface area contributed by atoms with E-state index in [1.807, 2.05) is 29.2 Å². The molecule has 0 spiro atoms. The second-order valence-corrected chi connectivity index (χ2v) is 6.05. The van der Waals surface area contributed by atoms with Crippen LogP contribution in [-0.4, -0.2) is 86.8 Å². The van der Waals surface area contributed by atoms with Gasteiger partial charge in [0.05, 0.1) is 25.9 Å². The van der Waals surface area contributed by atoms with Crippen molar-refractivity contribution in [1.82, 2.24) is 9.47 Å². The number of hydrogen-bond acceptors (Lipinski definition) is 4. The minimum absolute atomic E-state index is 0. The average Bonchev–Trinajstić information content (AvgIpc) is 2.90. The second kappa shape index (κ2) is 10.7. The van der Waals surface area contributed by atoms with Gasteiger partial charge in [0, 0.05) is 59.0 Å². The molecule has 1 heterocycles. The average molecular weight is 419 g/mol. The number of aliphatic hydroxyl groups is 3. The van der Waals surface area contributed by atoms with Gasteiger partial charge in [-0.1, -0.05) is 36.4 Å². The SMILES string of the molecule is O.OCCN(CCO)CC(O)Cn1c2ccccc2c2ccccc21.[Ge]. The molecule has 0 bridgehead atoms. The zero-order valence-corrected chi connectivity index (χ0v) is 16.8. The fourth-order valence-corrected chi connectivity index (χ4v) is 3.34. The van der Waals surface area contributed by atoms with Gasteiger partial charge in [0.1, 0.15) is 0 Å². The van der Waals surface area contributed by atoms with Gasteiger partial charge in [-0.3, -0.25) is 4.90 Å². The van der Waals surface area contributed by atoms with Gasteiger partial charge < -0.3 is 25.4 Å². The number of para-hydroxylation sites is 2. The first-order valence-corrected chi connectivity index (χ1v) is 8.32. The molecule has 1 atom stereocenters. The normalized spacial score (nSPS) is 12.2. The van der Waals surface area contributed by atoms with E-state index < -0.39 is 6.10 Å². The van der Waals surface area contributed by atoms with Crippen LogP contribution in [-0.2, 0) is 6.54 Å². The van der Waals surface area contributed by atoms with E-state index >= 15 is 0 Å². The third-order valence-electron chi connectivity index (χ3n) is 4.37. The van der Waals surface area contributed by atoms with Gasteiger partial charge >= 0.3 is 0 Å². The number of rotatable bonds is 8. The standard InChI is InChI=1S/C19H24N2O3.Ge.H2O/c22-11-9-20(10-12-23)13-15(24)14-21-18-7-3-1-5-16(18)17-6-2-4-8-19(17)21;;/h1-8,15,22-24H,9-14H2;;1H2. The number of fused-ring (bicyclic) bond motifs is 3. The topological polar surface area (TPSA) is 100 Å². The molecule has 0 saturated heterocycles. The maximum absolute atomic E-state index is 10.5. The summed E-state index contributed by atoms with van der Waals surface area (Å²) in [6, 6.07) is 16.4. The molecule has 2 aromatic carbocycles. The first-order chi connectivity index (χ1) is 11.7. The van der Waals surface area contributed by atoms with E-state index in [0.29, 0.717) is 26.2 Å². The summed E-state index contributed by atoms with van der Waals surface area (Å²) in [6.07, 6.45) is -0.581. The Morgan fingerprint density at radius 3 is 1.77 bits per heavy atom. The van der Waals surface area contributed by atoms with E-state index in [-0.39, 0.29) is 36.3 Å². The fourth-order valence-electron chi connectivity index (χ4n) is 3.34. The Morgan fingerprint density at radius 2 is 1.31 bits per heavy atom. The van der Waals surface area contributed by atoms with Crippen LogP contribution < -0.4 is 0 Å². The molecule has 0 fully saturated rings. The Kier molecular flexibility index (Phi) is 9.28. The van der Waals surface area contributed by atoms with Crippen molar-refractivity contribution in [3.05, 3.63) is 48.5 Å². The van der Waals surface area contributed by atoms with Crippen molar-refractivity contribution in [2.24, 2.45) is 0 Å². The van der Waals surface area contributed by atoms with Crippen molar-refractivity contribution >= 4 is 39.4 Å². The van der Waals surface area contributed by atoms with Gasteiger partial charge in [-0.2, -0.15) is 0 Å². The Labute approximate surface area is 163 Å². The molecule has 5 N–H and O–H groups in total. The summed E-state index contributed by atoms with van der Waals surface area (Å²) in [6.45, 7) is 1.82. The van der Waals surface area contributed by atoms with E-state index in [9.17, 15) is 5.11 Å². The molecule has 3 aromatic rings. The number of aromatic nitrogens is 1. The van der Waals surface area contributed by atoms with Gasteiger partial charge in [0.25, 0.3) is 0 Å². The van der Waals surface area contributed by atoms with Gasteiger partial charge in [-0.15, -0.1) is 0 Å². The predicted molar refractivity (Wildman–Crippen MR) is 105 cm³/mol. The summed E-state index contributed by atoms with van der Waals surface area (Å²) in [7, 11) is 0. The smallest absolute Gasteiger partial charge is 0.0846 e. The van der Waals surface area contributed by atoms with Crippen LogP contribution in [0, 0.1) is 0 Å². The van der Waals surface area contributed by atoms with Crippen molar-refractivity contribution in [2.45, 2.75) is 12.6 Å². The van der Waals surface area contributed by atoms with Crippen molar-refractivity contribution in [3.63, 3.8) is 0 Å². The second-order valence-electron chi connectivity index (χ2n) is 6.05. The zero-order valence-electron chi connectivity index (χ0n) is 14.7. The number of hydrogen-bond donors (Lipinski definition) is 3. The van der Waals surface area contributed by atoms with E-state index in [1.165, 1.54) is 10.8 Å². The van der Waals surface area contributed by atoms with Gasteiger partial charge in [-0.25, -0.2) is 0 Å². The summed E-state index contributed by atoms with van der Waals surface area (Å²) in [5.41, 5.74) is 2.21. The molecule has 1 aromatic heterocycles. The van der Waals surface area contributed by atoms with Crippen molar-refractivity contribution in [2.75, 3.05) is 32.8 Å². The van der Waals surface area contributed by atoms with Gasteiger partial charge in [-0.05, 0) is 12.1 Å². The largest absolute Gasteiger partial charge is 0.412 e. The molecule has 0 aliphatic carbocycles. The first-order valence-electron chi connectivity index (χ1n) is 8.32. The van der Waals surface area contributed by atoms with Crippen LogP contribution in [0.5, 0.6) is 0 Å². The maximum Gasteiger partial charge on any atom is 0.0846 e. The third kappa shape index (κ3) is 4.85. The van der Waals surface area contributed by atoms with Crippen LogP contribution in [0.15, 0.2) is 48.5 Å². The van der Waals surface area contributed by atoms with E-state index in [0.717, 1.165) is 11.0 Å². The van der Waals surface area contributed by atoms with Crippen LogP contribution in [0.4, 0.5) is 0 Å². The van der Waals surface area contributed by atoms with Crippen molar-refractivity contribution < 1.29 is 20.8 Å². The quantitative estimate of drug-likeness (QED) is 0.456. The third-order valence-corrected chi connectivity index (χ3v) is 4.37. The fraction of sp³-hybridized carbons (Fsp3) is 0.368. The monoisotopic (exact) mass is 420 g/mol. The molecule has 3 rings (SSSR count). The predicted octanol–water partition coefficient (Wildman–Crippen LogP) is 0.237. The van der Waals surface area contributed by atoms with Crippen molar-refractivity contribution in [1.29, 1.82) is 0 Å². The molecule has 0 saturated carbocycles. The van der Waals surface area contributed by atoms with Crippen LogP contribution in [0.3, 0.4) is 0 Å². The molecule has 7 heteroatoms. The van der Waals surface area contributed by atoms with E-state index in [1.54, 1.807) is 0 Å². The van der Waals surface area contributed by atoms with Crippen LogP contribution in [0.25, 0.3) is 21.8 Å². The molecule has 1 unspecified atom stereocenters. The molecule has 0 amide bonds. The summed E-state index contributed by atoms with van der Waals surface area (Å²) >= 11 is 0. The Balaban J connectivity index is 0.00000169. The molecule has 6 nitrogen and oxygen atoms in total. The molecule has 0 aliphatic heterocycles. The van der Waals surface area contributed by atoms with Crippen LogP contribution in [0.1, 0.15) is 0 Å². The van der Waals surface area contributed by atoms with Gasteiger partial charge in [0.2, 0.25) is 0 Å². The Morgan fingerprint density at radius 1 is 0.846 bits per heavy atom. The summed E-state index contributed by atoms with van der Waals surface area (Å²) in [5.74, 6) is 0. The number of benzene rings is 2. The summed E-state index contributed by atoms with van der Waals surface area (Å²) in [5, 5.41) is 31.1. The zero-order chi connectivity index (χ0) is 16.9. The molecular formula is C19H26GeN2O4. The van der Waals surface area contributed by atoms with E-state index in [4.69, 9.17) is 10.2 Å². The molecule has 26 heavy (non-hydrogen) atoms. The Bertz CT molecular complexity index is 749. The number of aliphatic hydroxyl groups excluding tert-OH is 3. The minimum atomic E-state index is -0.581. The van der Waals surface area contributed by atoms with E-state index in [2.05, 4.69) is 28.8 Å². The Hall–Kier alpha value is -1.42. The minimum Gasteiger partial charge on any atom is -0.412 e. The van der Waals surface area contributed by atoms with Crippen LogP contribution in [0.2, 0.25) is 0 Å². The van der Waals surface area contributed by atoms with Gasteiger partial charge in [0.15, 0.2) is 0 Å². The molecule has 0 aliphatic rings. The molecule has 140 valence electrons. The van der Waals surface area contributed by atoms with Crippen molar-refractivity contribution in [3.8, 4) is 0 Å². The maximum atomic E-state index is 10.5. The first kappa shape index (κ1) is 22.6. The summed E-state index contributed by atoms with van der Waals surface area (Å²) < 4.78 is 2.14. The number of nitrogens with zero attached hydrogens (tertiary/aromatic N) is 2. The molecule has 4 radical (unpaired) electrons. The molecular weight excluding hydrogens is 393 g/mol. The summed E-state index contributed by atoms with van der Waals surface area (Å²) in [4.78, 5) is 1.87.